The van der Waals surface area contributed by atoms with Crippen LogP contribution in [0.4, 0.5) is 0 Å². The number of likely N-dealkylation sites (tertiary alicyclic amines) is 1. The van der Waals surface area contributed by atoms with Crippen molar-refractivity contribution in [1.82, 2.24) is 4.90 Å². The van der Waals surface area contributed by atoms with E-state index in [0.29, 0.717) is 11.3 Å². The Kier molecular flexibility index (Phi) is 3.40. The molecule has 0 aromatic heterocycles. The van der Waals surface area contributed by atoms with Crippen LogP contribution in [0.3, 0.4) is 0 Å². The largest absolute Gasteiger partial charge is 0.341 e. The number of rotatable bonds is 1. The van der Waals surface area contributed by atoms with E-state index in [1.807, 2.05) is 4.90 Å². The molecular formula is C15H24N2O. The minimum Gasteiger partial charge on any atom is -0.341 e. The van der Waals surface area contributed by atoms with Gasteiger partial charge in [-0.3, -0.25) is 4.79 Å². The highest BCUT2D eigenvalue weighted by Gasteiger charge is 2.52. The van der Waals surface area contributed by atoms with E-state index in [2.05, 4.69) is 26.8 Å². The zero-order valence-electron chi connectivity index (χ0n) is 11.8. The molecule has 1 aliphatic carbocycles. The van der Waals surface area contributed by atoms with Crippen molar-refractivity contribution in [1.29, 1.82) is 5.26 Å². The van der Waals surface area contributed by atoms with Crippen molar-refractivity contribution in [3.05, 3.63) is 0 Å². The van der Waals surface area contributed by atoms with Gasteiger partial charge in [-0.1, -0.05) is 20.8 Å². The van der Waals surface area contributed by atoms with E-state index in [1.165, 1.54) is 6.42 Å². The lowest BCUT2D eigenvalue weighted by Gasteiger charge is -2.30. The van der Waals surface area contributed by atoms with E-state index >= 15 is 0 Å². The summed E-state index contributed by atoms with van der Waals surface area (Å²) in [4.78, 5) is 14.3. The summed E-state index contributed by atoms with van der Waals surface area (Å²) in [5.74, 6) is 0.784. The standard InChI is InChI=1S/C15H24N2O/c1-14(2,3)12-5-4-9-17(10-6-12)13(18)15(11-16)7-8-15/h12H,4-10H2,1-3H3. The molecule has 1 heterocycles. The minimum absolute atomic E-state index is 0.0968. The molecule has 1 unspecified atom stereocenters. The van der Waals surface area contributed by atoms with Crippen molar-refractivity contribution in [3.63, 3.8) is 0 Å². The molecule has 18 heavy (non-hydrogen) atoms. The first-order valence-electron chi connectivity index (χ1n) is 7.10. The molecule has 3 heteroatoms. The van der Waals surface area contributed by atoms with Crippen LogP contribution in [-0.4, -0.2) is 23.9 Å². The Bertz CT molecular complexity index is 371. The second-order valence-corrected chi connectivity index (χ2v) is 6.98. The Morgan fingerprint density at radius 3 is 2.44 bits per heavy atom. The highest BCUT2D eigenvalue weighted by Crippen LogP contribution is 2.47. The molecule has 1 amide bonds. The van der Waals surface area contributed by atoms with E-state index < -0.39 is 5.41 Å². The van der Waals surface area contributed by atoms with Gasteiger partial charge in [-0.25, -0.2) is 0 Å². The van der Waals surface area contributed by atoms with Crippen LogP contribution in [-0.2, 0) is 4.79 Å². The smallest absolute Gasteiger partial charge is 0.243 e. The zero-order valence-corrected chi connectivity index (χ0v) is 11.8. The van der Waals surface area contributed by atoms with Gasteiger partial charge in [0.2, 0.25) is 5.91 Å². The summed E-state index contributed by atoms with van der Waals surface area (Å²) in [5.41, 5.74) is -0.312. The second kappa shape index (κ2) is 4.57. The monoisotopic (exact) mass is 248 g/mol. The van der Waals surface area contributed by atoms with Crippen LogP contribution in [0.25, 0.3) is 0 Å². The Labute approximate surface area is 110 Å². The summed E-state index contributed by atoms with van der Waals surface area (Å²) in [6.07, 6.45) is 4.89. The Morgan fingerprint density at radius 2 is 1.94 bits per heavy atom. The summed E-state index contributed by atoms with van der Waals surface area (Å²) in [6.45, 7) is 8.53. The Balaban J connectivity index is 1.98. The molecule has 1 aliphatic heterocycles. The van der Waals surface area contributed by atoms with E-state index in [-0.39, 0.29) is 5.91 Å². The van der Waals surface area contributed by atoms with Crippen LogP contribution in [0.2, 0.25) is 0 Å². The first kappa shape index (κ1) is 13.4. The van der Waals surface area contributed by atoms with Crippen molar-refractivity contribution in [2.45, 2.75) is 52.9 Å². The first-order valence-corrected chi connectivity index (χ1v) is 7.10. The van der Waals surface area contributed by atoms with Crippen LogP contribution in [0.15, 0.2) is 0 Å². The lowest BCUT2D eigenvalue weighted by molar-refractivity contribution is -0.135. The lowest BCUT2D eigenvalue weighted by atomic mass is 9.77. The predicted octanol–water partition coefficient (Wildman–Crippen LogP) is 2.96. The quantitative estimate of drug-likeness (QED) is 0.716. The summed E-state index contributed by atoms with van der Waals surface area (Å²) in [6, 6.07) is 2.22. The summed E-state index contributed by atoms with van der Waals surface area (Å²) >= 11 is 0. The highest BCUT2D eigenvalue weighted by atomic mass is 16.2. The van der Waals surface area contributed by atoms with Gasteiger partial charge in [-0.05, 0) is 43.4 Å². The lowest BCUT2D eigenvalue weighted by Crippen LogP contribution is -2.37. The number of nitriles is 1. The molecule has 1 atom stereocenters. The summed E-state index contributed by atoms with van der Waals surface area (Å²) < 4.78 is 0. The van der Waals surface area contributed by atoms with Crippen LogP contribution in [0.1, 0.15) is 52.9 Å². The van der Waals surface area contributed by atoms with E-state index in [1.54, 1.807) is 0 Å². The molecule has 0 radical (unpaired) electrons. The fraction of sp³-hybridized carbons (Fsp3) is 0.867. The topological polar surface area (TPSA) is 44.1 Å². The van der Waals surface area contributed by atoms with Gasteiger partial charge in [-0.2, -0.15) is 5.26 Å². The number of carbonyl (C=O) groups excluding carboxylic acids is 1. The summed E-state index contributed by atoms with van der Waals surface area (Å²) in [7, 11) is 0. The predicted molar refractivity (Wildman–Crippen MR) is 70.7 cm³/mol. The van der Waals surface area contributed by atoms with Gasteiger partial charge in [0.05, 0.1) is 6.07 Å². The average Bonchev–Trinajstić information content (AvgIpc) is 3.11. The number of nitrogens with zero attached hydrogens (tertiary/aromatic N) is 2. The molecule has 0 aromatic carbocycles. The number of amides is 1. The fourth-order valence-electron chi connectivity index (χ4n) is 2.97. The van der Waals surface area contributed by atoms with Crippen molar-refractivity contribution in [2.24, 2.45) is 16.7 Å². The Hall–Kier alpha value is -1.04. The van der Waals surface area contributed by atoms with Gasteiger partial charge in [0.25, 0.3) is 0 Å². The molecule has 3 nitrogen and oxygen atoms in total. The third-order valence-electron chi connectivity index (χ3n) is 4.61. The Morgan fingerprint density at radius 1 is 1.28 bits per heavy atom. The third-order valence-corrected chi connectivity index (χ3v) is 4.61. The van der Waals surface area contributed by atoms with Crippen LogP contribution in [0, 0.1) is 28.1 Å². The van der Waals surface area contributed by atoms with Crippen LogP contribution in [0.5, 0.6) is 0 Å². The molecule has 0 N–H and O–H groups in total. The SMILES string of the molecule is CC(C)(C)C1CCCN(C(=O)C2(C#N)CC2)CC1. The van der Waals surface area contributed by atoms with Crippen molar-refractivity contribution < 1.29 is 4.79 Å². The van der Waals surface area contributed by atoms with Crippen molar-refractivity contribution >= 4 is 5.91 Å². The average molecular weight is 248 g/mol. The molecule has 100 valence electrons. The second-order valence-electron chi connectivity index (χ2n) is 6.98. The van der Waals surface area contributed by atoms with Gasteiger partial charge in [0.15, 0.2) is 0 Å². The molecule has 0 bridgehead atoms. The van der Waals surface area contributed by atoms with Gasteiger partial charge < -0.3 is 4.90 Å². The number of hydrogen-bond donors (Lipinski definition) is 0. The maximum atomic E-state index is 12.3. The van der Waals surface area contributed by atoms with E-state index in [0.717, 1.165) is 38.8 Å². The van der Waals surface area contributed by atoms with E-state index in [4.69, 9.17) is 5.26 Å². The molecule has 1 saturated heterocycles. The third kappa shape index (κ3) is 2.53. The number of carbonyl (C=O) groups is 1. The fourth-order valence-corrected chi connectivity index (χ4v) is 2.97. The molecule has 2 aliphatic rings. The van der Waals surface area contributed by atoms with Crippen LogP contribution < -0.4 is 0 Å². The highest BCUT2D eigenvalue weighted by molar-refractivity contribution is 5.88. The van der Waals surface area contributed by atoms with Gasteiger partial charge in [-0.15, -0.1) is 0 Å². The van der Waals surface area contributed by atoms with Crippen molar-refractivity contribution in [3.8, 4) is 6.07 Å². The number of hydrogen-bond acceptors (Lipinski definition) is 2. The van der Waals surface area contributed by atoms with Gasteiger partial charge >= 0.3 is 0 Å². The molecule has 0 spiro atoms. The van der Waals surface area contributed by atoms with Crippen LogP contribution >= 0.6 is 0 Å². The normalized spacial score (nSPS) is 27.2. The van der Waals surface area contributed by atoms with Gasteiger partial charge in [0, 0.05) is 13.1 Å². The maximum absolute atomic E-state index is 12.3. The molecule has 2 fully saturated rings. The first-order chi connectivity index (χ1) is 8.39. The van der Waals surface area contributed by atoms with E-state index in [9.17, 15) is 4.79 Å². The molecule has 2 rings (SSSR count). The maximum Gasteiger partial charge on any atom is 0.243 e. The summed E-state index contributed by atoms with van der Waals surface area (Å²) in [5, 5.41) is 9.11. The minimum atomic E-state index is -0.637. The molecule has 0 aromatic rings. The molecule has 1 saturated carbocycles. The zero-order chi connectivity index (χ0) is 13.4. The van der Waals surface area contributed by atoms with Gasteiger partial charge in [0.1, 0.15) is 5.41 Å². The van der Waals surface area contributed by atoms with Crippen molar-refractivity contribution in [2.75, 3.05) is 13.1 Å². The molecular weight excluding hydrogens is 224 g/mol.